The molecule has 0 aliphatic heterocycles. The molecule has 0 aliphatic rings. The molecule has 0 unspecified atom stereocenters. The monoisotopic (exact) mass is 296 g/mol. The van der Waals surface area contributed by atoms with Crippen molar-refractivity contribution in [2.75, 3.05) is 19.6 Å². The Morgan fingerprint density at radius 1 is 1.25 bits per heavy atom. The smallest absolute Gasteiger partial charge is 0.122 e. The maximum absolute atomic E-state index is 6.26. The summed E-state index contributed by atoms with van der Waals surface area (Å²) in [5.74, 6) is 0.912. The third-order valence-corrected chi connectivity index (χ3v) is 7.44. The minimum atomic E-state index is -1.11. The van der Waals surface area contributed by atoms with Crippen LogP contribution in [0.3, 0.4) is 0 Å². The molecule has 3 heteroatoms. The third-order valence-electron chi connectivity index (χ3n) is 3.78. The fourth-order valence-electron chi connectivity index (χ4n) is 1.70. The molecule has 114 valence electrons. The third kappa shape index (κ3) is 4.03. The highest BCUT2D eigenvalue weighted by atomic mass is 32.3. The summed E-state index contributed by atoms with van der Waals surface area (Å²) in [5, 5.41) is 0. The first kappa shape index (κ1) is 17.1. The second-order valence-corrected chi connectivity index (χ2v) is 10.1. The lowest BCUT2D eigenvalue weighted by Crippen LogP contribution is -2.25. The predicted octanol–water partition coefficient (Wildman–Crippen LogP) is 4.72. The van der Waals surface area contributed by atoms with Crippen molar-refractivity contribution in [1.82, 2.24) is 0 Å². The van der Waals surface area contributed by atoms with E-state index in [2.05, 4.69) is 45.9 Å². The second-order valence-electron chi connectivity index (χ2n) is 6.20. The molecule has 1 rings (SSSR count). The zero-order valence-electron chi connectivity index (χ0n) is 13.7. The van der Waals surface area contributed by atoms with Crippen molar-refractivity contribution in [2.45, 2.75) is 38.5 Å². The standard InChI is InChI=1S/C17H28O2S/c1-8-10-15-14(11-9-12-16(15)18-5)13-19-20(6,7)17(2,3)4/h8-9,11-12H,1,10,13H2,2-7H3. The number of ether oxygens (including phenoxy) is 1. The number of methoxy groups -OCH3 is 1. The van der Waals surface area contributed by atoms with E-state index in [1.54, 1.807) is 7.11 Å². The molecule has 0 aliphatic carbocycles. The van der Waals surface area contributed by atoms with Crippen molar-refractivity contribution in [2.24, 2.45) is 0 Å². The largest absolute Gasteiger partial charge is 0.496 e. The summed E-state index contributed by atoms with van der Waals surface area (Å²) in [4.78, 5) is 0. The normalized spacial score (nSPS) is 13.1. The van der Waals surface area contributed by atoms with Crippen molar-refractivity contribution < 1.29 is 8.92 Å². The van der Waals surface area contributed by atoms with Crippen molar-refractivity contribution in [1.29, 1.82) is 0 Å². The van der Waals surface area contributed by atoms with Crippen LogP contribution in [0.25, 0.3) is 0 Å². The minimum Gasteiger partial charge on any atom is -0.496 e. The summed E-state index contributed by atoms with van der Waals surface area (Å²) in [6.45, 7) is 11.2. The van der Waals surface area contributed by atoms with Crippen LogP contribution in [-0.2, 0) is 17.2 Å². The van der Waals surface area contributed by atoms with Gasteiger partial charge in [-0.1, -0.05) is 39.0 Å². The molecular weight excluding hydrogens is 268 g/mol. The van der Waals surface area contributed by atoms with E-state index in [1.165, 1.54) is 11.1 Å². The highest BCUT2D eigenvalue weighted by Crippen LogP contribution is 2.54. The first-order chi connectivity index (χ1) is 9.23. The Morgan fingerprint density at radius 2 is 1.90 bits per heavy atom. The highest BCUT2D eigenvalue weighted by Gasteiger charge is 2.29. The molecule has 2 nitrogen and oxygen atoms in total. The summed E-state index contributed by atoms with van der Waals surface area (Å²) in [7, 11) is 0.591. The number of benzene rings is 1. The summed E-state index contributed by atoms with van der Waals surface area (Å²) in [6.07, 6.45) is 7.15. The van der Waals surface area contributed by atoms with Gasteiger partial charge in [-0.25, -0.2) is 0 Å². The van der Waals surface area contributed by atoms with Crippen molar-refractivity contribution >= 4 is 10.3 Å². The topological polar surface area (TPSA) is 18.5 Å². The van der Waals surface area contributed by atoms with E-state index >= 15 is 0 Å². The number of hydrogen-bond acceptors (Lipinski definition) is 2. The average molecular weight is 296 g/mol. The highest BCUT2D eigenvalue weighted by molar-refractivity contribution is 8.29. The van der Waals surface area contributed by atoms with E-state index in [9.17, 15) is 0 Å². The van der Waals surface area contributed by atoms with Gasteiger partial charge in [0.2, 0.25) is 0 Å². The molecule has 0 saturated heterocycles. The van der Waals surface area contributed by atoms with Gasteiger partial charge in [0, 0.05) is 10.3 Å². The van der Waals surface area contributed by atoms with E-state index in [0.29, 0.717) is 6.61 Å². The molecule has 0 saturated carbocycles. The summed E-state index contributed by atoms with van der Waals surface area (Å²) >= 11 is 0. The van der Waals surface area contributed by atoms with E-state index in [4.69, 9.17) is 8.92 Å². The zero-order valence-corrected chi connectivity index (χ0v) is 14.5. The second kappa shape index (κ2) is 6.68. The fourth-order valence-corrected chi connectivity index (χ4v) is 2.48. The van der Waals surface area contributed by atoms with Gasteiger partial charge in [-0.05, 0) is 30.6 Å². The SMILES string of the molecule is C=CCc1c(COS(C)(C)C(C)(C)C)cccc1OC. The average Bonchev–Trinajstić information content (AvgIpc) is 2.36. The first-order valence-electron chi connectivity index (χ1n) is 6.86. The van der Waals surface area contributed by atoms with Crippen LogP contribution in [0.1, 0.15) is 31.9 Å². The minimum absolute atomic E-state index is 0.171. The number of allylic oxidation sites excluding steroid dienone is 1. The van der Waals surface area contributed by atoms with Crippen LogP contribution >= 0.6 is 10.3 Å². The Labute approximate surface area is 125 Å². The van der Waals surface area contributed by atoms with E-state index in [0.717, 1.165) is 12.2 Å². The summed E-state index contributed by atoms with van der Waals surface area (Å²) < 4.78 is 11.9. The summed E-state index contributed by atoms with van der Waals surface area (Å²) in [6, 6.07) is 6.12. The molecule has 0 fully saturated rings. The van der Waals surface area contributed by atoms with Crippen LogP contribution in [0.5, 0.6) is 5.75 Å². The Balaban J connectivity index is 2.96. The Kier molecular flexibility index (Phi) is 5.72. The van der Waals surface area contributed by atoms with Gasteiger partial charge < -0.3 is 8.92 Å². The van der Waals surface area contributed by atoms with Crippen LogP contribution in [0.4, 0.5) is 0 Å². The Bertz CT molecular complexity index is 459. The van der Waals surface area contributed by atoms with E-state index in [1.807, 2.05) is 18.2 Å². The molecule has 0 bridgehead atoms. The zero-order chi connectivity index (χ0) is 15.4. The summed E-state index contributed by atoms with van der Waals surface area (Å²) in [5.41, 5.74) is 2.36. The number of hydrogen-bond donors (Lipinski definition) is 0. The first-order valence-corrected chi connectivity index (χ1v) is 9.23. The van der Waals surface area contributed by atoms with E-state index < -0.39 is 10.3 Å². The number of rotatable bonds is 6. The lowest BCUT2D eigenvalue weighted by atomic mass is 10.0. The van der Waals surface area contributed by atoms with Crippen LogP contribution < -0.4 is 4.74 Å². The molecular formula is C17H28O2S. The molecule has 1 aromatic carbocycles. The molecule has 0 radical (unpaired) electrons. The lowest BCUT2D eigenvalue weighted by Gasteiger charge is -2.43. The maximum Gasteiger partial charge on any atom is 0.122 e. The molecule has 0 heterocycles. The van der Waals surface area contributed by atoms with Crippen LogP contribution in [0.15, 0.2) is 30.9 Å². The van der Waals surface area contributed by atoms with Gasteiger partial charge in [-0.15, -0.1) is 16.9 Å². The van der Waals surface area contributed by atoms with Crippen LogP contribution in [0, 0.1) is 0 Å². The quantitative estimate of drug-likeness (QED) is 0.707. The van der Waals surface area contributed by atoms with Gasteiger partial charge in [-0.3, -0.25) is 0 Å². The van der Waals surface area contributed by atoms with Gasteiger partial charge in [0.1, 0.15) is 5.75 Å². The molecule has 0 amide bonds. The predicted molar refractivity (Wildman–Crippen MR) is 90.9 cm³/mol. The molecule has 0 spiro atoms. The van der Waals surface area contributed by atoms with Gasteiger partial charge in [0.05, 0.1) is 13.7 Å². The van der Waals surface area contributed by atoms with Crippen LogP contribution in [-0.4, -0.2) is 24.4 Å². The Morgan fingerprint density at radius 3 is 2.40 bits per heavy atom. The van der Waals surface area contributed by atoms with Gasteiger partial charge in [-0.2, -0.15) is 0 Å². The fraction of sp³-hybridized carbons (Fsp3) is 0.529. The van der Waals surface area contributed by atoms with Crippen molar-refractivity contribution in [3.8, 4) is 5.75 Å². The molecule has 0 atom stereocenters. The molecule has 0 N–H and O–H groups in total. The molecule has 0 aromatic heterocycles. The maximum atomic E-state index is 6.26. The molecule has 1 aromatic rings. The van der Waals surface area contributed by atoms with Gasteiger partial charge >= 0.3 is 0 Å². The van der Waals surface area contributed by atoms with E-state index in [-0.39, 0.29) is 4.75 Å². The van der Waals surface area contributed by atoms with Crippen molar-refractivity contribution in [3.63, 3.8) is 0 Å². The van der Waals surface area contributed by atoms with Crippen molar-refractivity contribution in [3.05, 3.63) is 42.0 Å². The Hall–Kier alpha value is -0.930. The van der Waals surface area contributed by atoms with Gasteiger partial charge in [0.25, 0.3) is 0 Å². The lowest BCUT2D eigenvalue weighted by molar-refractivity contribution is 0.335. The van der Waals surface area contributed by atoms with Crippen LogP contribution in [0.2, 0.25) is 0 Å². The van der Waals surface area contributed by atoms with Gasteiger partial charge in [0.15, 0.2) is 0 Å². The molecule has 20 heavy (non-hydrogen) atoms.